The lowest BCUT2D eigenvalue weighted by atomic mass is 10.1. The number of ether oxygens (including phenoxy) is 3. The summed E-state index contributed by atoms with van der Waals surface area (Å²) < 4.78 is 15.9. The summed E-state index contributed by atoms with van der Waals surface area (Å²) in [5, 5.41) is 3.35. The summed E-state index contributed by atoms with van der Waals surface area (Å²) in [5.74, 6) is 2.27. The minimum atomic E-state index is 0.409. The van der Waals surface area contributed by atoms with Crippen molar-refractivity contribution in [2.75, 3.05) is 21.3 Å². The van der Waals surface area contributed by atoms with Crippen LogP contribution in [0.4, 0.5) is 0 Å². The van der Waals surface area contributed by atoms with Crippen LogP contribution in [0.1, 0.15) is 19.4 Å². The number of benzene rings is 1. The number of nitrogens with one attached hydrogen (secondary N) is 1. The zero-order valence-corrected chi connectivity index (χ0v) is 11.2. The van der Waals surface area contributed by atoms with Crippen LogP contribution in [0.3, 0.4) is 0 Å². The molecule has 0 aliphatic heterocycles. The van der Waals surface area contributed by atoms with Crippen LogP contribution in [0.15, 0.2) is 12.1 Å². The fourth-order valence-electron chi connectivity index (χ4n) is 1.56. The molecule has 4 nitrogen and oxygen atoms in total. The summed E-state index contributed by atoms with van der Waals surface area (Å²) in [4.78, 5) is 0. The fraction of sp³-hybridized carbons (Fsp3) is 0.538. The second kappa shape index (κ2) is 6.35. The van der Waals surface area contributed by atoms with E-state index >= 15 is 0 Å². The Hall–Kier alpha value is -1.42. The molecular weight excluding hydrogens is 218 g/mol. The maximum absolute atomic E-state index is 5.36. The summed E-state index contributed by atoms with van der Waals surface area (Å²) in [7, 11) is 4.92. The molecule has 1 rings (SSSR count). The molecule has 1 aromatic carbocycles. The smallest absolute Gasteiger partial charge is 0.130 e. The maximum Gasteiger partial charge on any atom is 0.130 e. The average molecular weight is 239 g/mol. The minimum Gasteiger partial charge on any atom is -0.496 e. The van der Waals surface area contributed by atoms with Crippen molar-refractivity contribution in [2.24, 2.45) is 0 Å². The van der Waals surface area contributed by atoms with Crippen molar-refractivity contribution in [3.05, 3.63) is 17.7 Å². The van der Waals surface area contributed by atoms with Gasteiger partial charge in [0.25, 0.3) is 0 Å². The number of hydrogen-bond acceptors (Lipinski definition) is 4. The quantitative estimate of drug-likeness (QED) is 0.826. The summed E-state index contributed by atoms with van der Waals surface area (Å²) in [6.45, 7) is 4.90. The van der Waals surface area contributed by atoms with Crippen molar-refractivity contribution < 1.29 is 14.2 Å². The Balaban J connectivity index is 3.06. The van der Waals surface area contributed by atoms with Gasteiger partial charge in [0.15, 0.2) is 0 Å². The molecule has 4 heteroatoms. The second-order valence-corrected chi connectivity index (χ2v) is 4.05. The van der Waals surface area contributed by atoms with Crippen LogP contribution in [0, 0.1) is 0 Å². The molecule has 0 bridgehead atoms. The van der Waals surface area contributed by atoms with Gasteiger partial charge >= 0.3 is 0 Å². The van der Waals surface area contributed by atoms with Gasteiger partial charge in [-0.15, -0.1) is 0 Å². The van der Waals surface area contributed by atoms with Gasteiger partial charge in [-0.3, -0.25) is 0 Å². The molecule has 96 valence electrons. The SMILES string of the molecule is COc1cc(OC)c(CNC(C)C)c(OC)c1. The van der Waals surface area contributed by atoms with Gasteiger partial charge in [0.05, 0.1) is 26.9 Å². The summed E-state index contributed by atoms with van der Waals surface area (Å²) in [6.07, 6.45) is 0. The molecule has 0 amide bonds. The highest BCUT2D eigenvalue weighted by molar-refractivity contribution is 5.50. The third-order valence-electron chi connectivity index (χ3n) is 2.50. The molecule has 1 N–H and O–H groups in total. The highest BCUT2D eigenvalue weighted by Crippen LogP contribution is 2.33. The van der Waals surface area contributed by atoms with E-state index in [0.29, 0.717) is 12.6 Å². The Morgan fingerprint density at radius 2 is 1.53 bits per heavy atom. The Morgan fingerprint density at radius 1 is 1.00 bits per heavy atom. The van der Waals surface area contributed by atoms with Gasteiger partial charge < -0.3 is 19.5 Å². The molecule has 0 saturated carbocycles. The predicted octanol–water partition coefficient (Wildman–Crippen LogP) is 2.21. The second-order valence-electron chi connectivity index (χ2n) is 4.05. The third kappa shape index (κ3) is 3.53. The van der Waals surface area contributed by atoms with Crippen molar-refractivity contribution in [3.63, 3.8) is 0 Å². The van der Waals surface area contributed by atoms with Gasteiger partial charge in [-0.1, -0.05) is 13.8 Å². The topological polar surface area (TPSA) is 39.7 Å². The zero-order valence-electron chi connectivity index (χ0n) is 11.2. The van der Waals surface area contributed by atoms with Crippen molar-refractivity contribution in [2.45, 2.75) is 26.4 Å². The van der Waals surface area contributed by atoms with E-state index in [0.717, 1.165) is 22.8 Å². The van der Waals surface area contributed by atoms with E-state index < -0.39 is 0 Å². The molecule has 0 aliphatic carbocycles. The van der Waals surface area contributed by atoms with Crippen molar-refractivity contribution in [1.29, 1.82) is 0 Å². The molecule has 0 aliphatic rings. The predicted molar refractivity (Wildman–Crippen MR) is 68.1 cm³/mol. The van der Waals surface area contributed by atoms with E-state index in [1.165, 1.54) is 0 Å². The molecule has 0 atom stereocenters. The summed E-state index contributed by atoms with van der Waals surface area (Å²) in [6, 6.07) is 4.13. The Kier molecular flexibility index (Phi) is 5.10. The van der Waals surface area contributed by atoms with Gasteiger partial charge in [-0.05, 0) is 0 Å². The molecule has 0 unspecified atom stereocenters. The standard InChI is InChI=1S/C13H21NO3/c1-9(2)14-8-11-12(16-4)6-10(15-3)7-13(11)17-5/h6-7,9,14H,8H2,1-5H3. The average Bonchev–Trinajstić information content (AvgIpc) is 2.34. The van der Waals surface area contributed by atoms with Crippen molar-refractivity contribution >= 4 is 0 Å². The lowest BCUT2D eigenvalue weighted by Gasteiger charge is -2.16. The molecule has 0 heterocycles. The van der Waals surface area contributed by atoms with Crippen LogP contribution in [-0.2, 0) is 6.54 Å². The Labute approximate surface area is 103 Å². The molecule has 17 heavy (non-hydrogen) atoms. The first-order valence-corrected chi connectivity index (χ1v) is 5.64. The number of methoxy groups -OCH3 is 3. The van der Waals surface area contributed by atoms with Gasteiger partial charge in [0.2, 0.25) is 0 Å². The van der Waals surface area contributed by atoms with E-state index in [2.05, 4.69) is 19.2 Å². The number of rotatable bonds is 6. The maximum atomic E-state index is 5.36. The molecular formula is C13H21NO3. The third-order valence-corrected chi connectivity index (χ3v) is 2.50. The minimum absolute atomic E-state index is 0.409. The van der Waals surface area contributed by atoms with Gasteiger partial charge in [-0.25, -0.2) is 0 Å². The molecule has 0 fully saturated rings. The summed E-state index contributed by atoms with van der Waals surface area (Å²) >= 11 is 0. The van der Waals surface area contributed by atoms with Crippen LogP contribution in [0.2, 0.25) is 0 Å². The van der Waals surface area contributed by atoms with Crippen LogP contribution in [0.5, 0.6) is 17.2 Å². The first-order valence-electron chi connectivity index (χ1n) is 5.64. The van der Waals surface area contributed by atoms with Crippen LogP contribution < -0.4 is 19.5 Å². The molecule has 0 radical (unpaired) electrons. The number of hydrogen-bond donors (Lipinski definition) is 1. The lowest BCUT2D eigenvalue weighted by molar-refractivity contribution is 0.365. The Bertz CT molecular complexity index is 339. The first kappa shape index (κ1) is 13.6. The van der Waals surface area contributed by atoms with E-state index in [-0.39, 0.29) is 0 Å². The monoisotopic (exact) mass is 239 g/mol. The van der Waals surface area contributed by atoms with Crippen LogP contribution >= 0.6 is 0 Å². The molecule has 0 saturated heterocycles. The van der Waals surface area contributed by atoms with E-state index in [9.17, 15) is 0 Å². The summed E-state index contributed by atoms with van der Waals surface area (Å²) in [5.41, 5.74) is 1.00. The first-order chi connectivity index (χ1) is 8.12. The largest absolute Gasteiger partial charge is 0.496 e. The van der Waals surface area contributed by atoms with Gasteiger partial charge in [0, 0.05) is 24.7 Å². The Morgan fingerprint density at radius 3 is 1.88 bits per heavy atom. The van der Waals surface area contributed by atoms with E-state index in [1.54, 1.807) is 21.3 Å². The highest BCUT2D eigenvalue weighted by atomic mass is 16.5. The van der Waals surface area contributed by atoms with Crippen molar-refractivity contribution in [3.8, 4) is 17.2 Å². The zero-order chi connectivity index (χ0) is 12.8. The molecule has 1 aromatic rings. The normalized spacial score (nSPS) is 10.5. The van der Waals surface area contributed by atoms with Crippen molar-refractivity contribution in [1.82, 2.24) is 5.32 Å². The molecule has 0 spiro atoms. The highest BCUT2D eigenvalue weighted by Gasteiger charge is 2.13. The van der Waals surface area contributed by atoms with Crippen LogP contribution in [-0.4, -0.2) is 27.4 Å². The van der Waals surface area contributed by atoms with Gasteiger partial charge in [0.1, 0.15) is 17.2 Å². The fourth-order valence-corrected chi connectivity index (χ4v) is 1.56. The van der Waals surface area contributed by atoms with Crippen LogP contribution in [0.25, 0.3) is 0 Å². The lowest BCUT2D eigenvalue weighted by Crippen LogP contribution is -2.22. The van der Waals surface area contributed by atoms with E-state index in [1.807, 2.05) is 12.1 Å². The van der Waals surface area contributed by atoms with E-state index in [4.69, 9.17) is 14.2 Å². The van der Waals surface area contributed by atoms with Gasteiger partial charge in [-0.2, -0.15) is 0 Å². The molecule has 0 aromatic heterocycles.